The molecule has 0 aromatic heterocycles. The van der Waals surface area contributed by atoms with E-state index in [2.05, 4.69) is 5.32 Å². The largest absolute Gasteiger partial charge is 0.478 e. The Morgan fingerprint density at radius 1 is 1.14 bits per heavy atom. The van der Waals surface area contributed by atoms with Crippen molar-refractivity contribution in [2.75, 3.05) is 5.32 Å². The van der Waals surface area contributed by atoms with Gasteiger partial charge >= 0.3 is 5.97 Å². The van der Waals surface area contributed by atoms with E-state index >= 15 is 0 Å². The number of carbonyl (C=O) groups excluding carboxylic acids is 1. The first-order valence-corrected chi connectivity index (χ1v) is 6.45. The lowest BCUT2D eigenvalue weighted by Gasteiger charge is -2.11. The number of hydrogen-bond donors (Lipinski definition) is 2. The number of carboxylic acids is 1. The van der Waals surface area contributed by atoms with E-state index in [4.69, 9.17) is 16.7 Å². The molecule has 2 aromatic rings. The summed E-state index contributed by atoms with van der Waals surface area (Å²) in [5.74, 6) is -2.80. The molecule has 108 valence electrons. The highest BCUT2D eigenvalue weighted by molar-refractivity contribution is 6.32. The Balaban J connectivity index is 2.16. The Morgan fingerprint density at radius 2 is 1.81 bits per heavy atom. The number of nitrogens with one attached hydrogen (secondary N) is 1. The van der Waals surface area contributed by atoms with E-state index < -0.39 is 28.6 Å². The maximum Gasteiger partial charge on any atom is 0.338 e. The Morgan fingerprint density at radius 3 is 2.43 bits per heavy atom. The van der Waals surface area contributed by atoms with E-state index in [9.17, 15) is 14.0 Å². The van der Waals surface area contributed by atoms with Crippen LogP contribution in [-0.2, 0) is 4.79 Å². The molecule has 0 heterocycles. The molecule has 0 radical (unpaired) electrons. The van der Waals surface area contributed by atoms with Gasteiger partial charge in [-0.15, -0.1) is 11.6 Å². The molecule has 0 bridgehead atoms. The van der Waals surface area contributed by atoms with Crippen LogP contribution in [0.15, 0.2) is 48.5 Å². The van der Waals surface area contributed by atoms with Gasteiger partial charge in [-0.05, 0) is 23.8 Å². The molecule has 0 aliphatic heterocycles. The van der Waals surface area contributed by atoms with Crippen molar-refractivity contribution in [1.29, 1.82) is 0 Å². The van der Waals surface area contributed by atoms with Gasteiger partial charge in [-0.3, -0.25) is 4.79 Å². The SMILES string of the molecule is O=C(O)c1cc(NC(=O)C(Cl)c2ccccc2)ccc1F. The summed E-state index contributed by atoms with van der Waals surface area (Å²) < 4.78 is 13.3. The van der Waals surface area contributed by atoms with Crippen LogP contribution in [0.2, 0.25) is 0 Å². The lowest BCUT2D eigenvalue weighted by atomic mass is 10.1. The fourth-order valence-corrected chi connectivity index (χ4v) is 1.95. The molecule has 0 aliphatic rings. The average molecular weight is 308 g/mol. The molecule has 6 heteroatoms. The summed E-state index contributed by atoms with van der Waals surface area (Å²) in [6.07, 6.45) is 0. The van der Waals surface area contributed by atoms with Crippen molar-refractivity contribution in [3.8, 4) is 0 Å². The van der Waals surface area contributed by atoms with Gasteiger partial charge in [0.05, 0.1) is 5.56 Å². The number of aromatic carboxylic acids is 1. The third-order valence-electron chi connectivity index (χ3n) is 2.79. The number of anilines is 1. The van der Waals surface area contributed by atoms with Crippen LogP contribution >= 0.6 is 11.6 Å². The highest BCUT2D eigenvalue weighted by atomic mass is 35.5. The molecule has 0 saturated heterocycles. The van der Waals surface area contributed by atoms with Crippen molar-refractivity contribution in [2.24, 2.45) is 0 Å². The third kappa shape index (κ3) is 3.58. The van der Waals surface area contributed by atoms with Gasteiger partial charge < -0.3 is 10.4 Å². The minimum absolute atomic E-state index is 0.167. The van der Waals surface area contributed by atoms with E-state index in [1.165, 1.54) is 6.07 Å². The van der Waals surface area contributed by atoms with Crippen LogP contribution in [-0.4, -0.2) is 17.0 Å². The molecule has 2 N–H and O–H groups in total. The second-order valence-electron chi connectivity index (χ2n) is 4.26. The van der Waals surface area contributed by atoms with Crippen LogP contribution in [0, 0.1) is 5.82 Å². The fourth-order valence-electron chi connectivity index (χ4n) is 1.75. The molecule has 4 nitrogen and oxygen atoms in total. The fraction of sp³-hybridized carbons (Fsp3) is 0.0667. The summed E-state index contributed by atoms with van der Waals surface area (Å²) in [5, 5.41) is 10.4. The molecule has 2 rings (SSSR count). The Bertz CT molecular complexity index is 676. The number of amides is 1. The van der Waals surface area contributed by atoms with Crippen LogP contribution in [0.3, 0.4) is 0 Å². The van der Waals surface area contributed by atoms with Crippen LogP contribution in [0.25, 0.3) is 0 Å². The smallest absolute Gasteiger partial charge is 0.338 e. The van der Waals surface area contributed by atoms with Gasteiger partial charge in [0, 0.05) is 5.69 Å². The summed E-state index contributed by atoms with van der Waals surface area (Å²) >= 11 is 6.04. The zero-order valence-electron chi connectivity index (χ0n) is 10.7. The van der Waals surface area contributed by atoms with Crippen molar-refractivity contribution in [3.05, 3.63) is 65.5 Å². The standard InChI is InChI=1S/C15H11ClFNO3/c16-13(9-4-2-1-3-5-9)14(19)18-10-6-7-12(17)11(8-10)15(20)21/h1-8,13H,(H,18,19)(H,20,21). The quantitative estimate of drug-likeness (QED) is 0.850. The molecule has 2 aromatic carbocycles. The van der Waals surface area contributed by atoms with Crippen LogP contribution < -0.4 is 5.32 Å². The first kappa shape index (κ1) is 15.0. The summed E-state index contributed by atoms with van der Waals surface area (Å²) in [6, 6.07) is 12.0. The molecule has 0 aliphatic carbocycles. The number of benzene rings is 2. The van der Waals surface area contributed by atoms with E-state index in [0.717, 1.165) is 12.1 Å². The first-order valence-electron chi connectivity index (χ1n) is 6.02. The minimum atomic E-state index is -1.41. The van der Waals surface area contributed by atoms with Crippen molar-refractivity contribution < 1.29 is 19.1 Å². The Labute approximate surface area is 125 Å². The highest BCUT2D eigenvalue weighted by Crippen LogP contribution is 2.23. The predicted molar refractivity (Wildman–Crippen MR) is 77.0 cm³/mol. The van der Waals surface area contributed by atoms with Gasteiger partial charge in [-0.25, -0.2) is 9.18 Å². The maximum absolute atomic E-state index is 13.3. The minimum Gasteiger partial charge on any atom is -0.478 e. The Kier molecular flexibility index (Phi) is 4.55. The third-order valence-corrected chi connectivity index (χ3v) is 3.24. The monoisotopic (exact) mass is 307 g/mol. The molecular weight excluding hydrogens is 297 g/mol. The van der Waals surface area contributed by atoms with Gasteiger partial charge in [0.2, 0.25) is 5.91 Å². The Hall–Kier alpha value is -2.40. The summed E-state index contributed by atoms with van der Waals surface area (Å²) in [6.45, 7) is 0. The van der Waals surface area contributed by atoms with E-state index in [0.29, 0.717) is 5.56 Å². The lowest BCUT2D eigenvalue weighted by molar-refractivity contribution is -0.116. The van der Waals surface area contributed by atoms with Gasteiger partial charge in [0.25, 0.3) is 0 Å². The molecule has 0 saturated carbocycles. The summed E-state index contributed by atoms with van der Waals surface area (Å²) in [7, 11) is 0. The van der Waals surface area contributed by atoms with Crippen LogP contribution in [0.1, 0.15) is 21.3 Å². The number of hydrogen-bond acceptors (Lipinski definition) is 2. The molecule has 1 unspecified atom stereocenters. The highest BCUT2D eigenvalue weighted by Gasteiger charge is 2.18. The molecule has 0 spiro atoms. The zero-order valence-corrected chi connectivity index (χ0v) is 11.5. The number of rotatable bonds is 4. The van der Waals surface area contributed by atoms with Crippen LogP contribution in [0.5, 0.6) is 0 Å². The zero-order chi connectivity index (χ0) is 15.4. The number of carboxylic acid groups (broad SMARTS) is 1. The first-order chi connectivity index (χ1) is 9.99. The van der Waals surface area contributed by atoms with Crippen molar-refractivity contribution in [3.63, 3.8) is 0 Å². The van der Waals surface area contributed by atoms with E-state index in [-0.39, 0.29) is 5.69 Å². The molecule has 0 fully saturated rings. The lowest BCUT2D eigenvalue weighted by Crippen LogP contribution is -2.17. The molecular formula is C15H11ClFNO3. The van der Waals surface area contributed by atoms with Gasteiger partial charge in [-0.2, -0.15) is 0 Å². The van der Waals surface area contributed by atoms with Gasteiger partial charge in [0.15, 0.2) is 0 Å². The number of carbonyl (C=O) groups is 2. The maximum atomic E-state index is 13.3. The van der Waals surface area contributed by atoms with Gasteiger partial charge in [-0.1, -0.05) is 30.3 Å². The van der Waals surface area contributed by atoms with Crippen molar-refractivity contribution in [2.45, 2.75) is 5.38 Å². The van der Waals surface area contributed by atoms with Crippen LogP contribution in [0.4, 0.5) is 10.1 Å². The van der Waals surface area contributed by atoms with E-state index in [1.54, 1.807) is 30.3 Å². The van der Waals surface area contributed by atoms with Crippen molar-refractivity contribution >= 4 is 29.2 Å². The summed E-state index contributed by atoms with van der Waals surface area (Å²) in [4.78, 5) is 22.8. The van der Waals surface area contributed by atoms with Gasteiger partial charge in [0.1, 0.15) is 11.2 Å². The molecule has 21 heavy (non-hydrogen) atoms. The van der Waals surface area contributed by atoms with E-state index in [1.807, 2.05) is 0 Å². The number of alkyl halides is 1. The normalized spacial score (nSPS) is 11.7. The molecule has 1 atom stereocenters. The topological polar surface area (TPSA) is 66.4 Å². The summed E-state index contributed by atoms with van der Waals surface area (Å²) in [5.41, 5.74) is 0.260. The second-order valence-corrected chi connectivity index (χ2v) is 4.70. The average Bonchev–Trinajstić information content (AvgIpc) is 2.49. The second kappa shape index (κ2) is 6.37. The molecule has 1 amide bonds. The van der Waals surface area contributed by atoms with Crippen molar-refractivity contribution in [1.82, 2.24) is 0 Å². The number of halogens is 2. The predicted octanol–water partition coefficient (Wildman–Crippen LogP) is 3.44.